The molecule has 1 rings (SSSR count). The molecule has 7 heteroatoms. The van der Waals surface area contributed by atoms with Crippen LogP contribution in [-0.4, -0.2) is 36.6 Å². The third-order valence-electron chi connectivity index (χ3n) is 2.56. The summed E-state index contributed by atoms with van der Waals surface area (Å²) >= 11 is 0. The van der Waals surface area contributed by atoms with Crippen LogP contribution in [-0.2, 0) is 4.79 Å². The number of likely N-dealkylation sites (tertiary alicyclic amines) is 1. The molecule has 0 saturated carbocycles. The summed E-state index contributed by atoms with van der Waals surface area (Å²) < 4.78 is 35.9. The predicted molar refractivity (Wildman–Crippen MR) is 56.3 cm³/mol. The van der Waals surface area contributed by atoms with Gasteiger partial charge >= 0.3 is 6.18 Å². The highest BCUT2D eigenvalue weighted by molar-refractivity contribution is 5.85. The normalized spacial score (nSPS) is 21.5. The van der Waals surface area contributed by atoms with Gasteiger partial charge in [0.25, 0.3) is 0 Å². The molecule has 16 heavy (non-hydrogen) atoms. The molecule has 1 saturated heterocycles. The maximum atomic E-state index is 12.0. The predicted octanol–water partition coefficient (Wildman–Crippen LogP) is 1.56. The maximum Gasteiger partial charge on any atom is 0.397 e. The fraction of sp³-hybridized carbons (Fsp3) is 0.889. The van der Waals surface area contributed by atoms with Gasteiger partial charge in [0.1, 0.15) is 6.42 Å². The molecule has 0 radical (unpaired) electrons. The van der Waals surface area contributed by atoms with Crippen molar-refractivity contribution in [2.75, 3.05) is 19.6 Å². The summed E-state index contributed by atoms with van der Waals surface area (Å²) in [5.41, 5.74) is 5.43. The van der Waals surface area contributed by atoms with E-state index in [1.54, 1.807) is 0 Å². The molecule has 1 fully saturated rings. The van der Waals surface area contributed by atoms with Crippen molar-refractivity contribution in [3.8, 4) is 0 Å². The highest BCUT2D eigenvalue weighted by Gasteiger charge is 2.34. The number of alkyl halides is 3. The van der Waals surface area contributed by atoms with Crippen molar-refractivity contribution in [2.45, 2.75) is 25.4 Å². The first kappa shape index (κ1) is 15.5. The summed E-state index contributed by atoms with van der Waals surface area (Å²) in [7, 11) is 0. The number of rotatable bonds is 2. The van der Waals surface area contributed by atoms with E-state index in [2.05, 4.69) is 0 Å². The molecule has 1 atom stereocenters. The van der Waals surface area contributed by atoms with Crippen molar-refractivity contribution in [1.29, 1.82) is 0 Å². The van der Waals surface area contributed by atoms with Crippen LogP contribution in [0.25, 0.3) is 0 Å². The average molecular weight is 261 g/mol. The van der Waals surface area contributed by atoms with Gasteiger partial charge in [-0.1, -0.05) is 0 Å². The zero-order valence-corrected chi connectivity index (χ0v) is 9.61. The molecule has 3 nitrogen and oxygen atoms in total. The summed E-state index contributed by atoms with van der Waals surface area (Å²) in [4.78, 5) is 12.5. The summed E-state index contributed by atoms with van der Waals surface area (Å²) in [6.45, 7) is 1.21. The van der Waals surface area contributed by atoms with Crippen LogP contribution in [0.4, 0.5) is 13.2 Å². The molecule has 1 heterocycles. The van der Waals surface area contributed by atoms with E-state index in [0.717, 1.165) is 12.8 Å². The number of piperidine rings is 1. The van der Waals surface area contributed by atoms with Gasteiger partial charge in [-0.3, -0.25) is 4.79 Å². The lowest BCUT2D eigenvalue weighted by Crippen LogP contribution is -2.43. The number of carbonyl (C=O) groups excluding carboxylic acids is 1. The van der Waals surface area contributed by atoms with Crippen LogP contribution < -0.4 is 5.73 Å². The molecule has 1 amide bonds. The minimum Gasteiger partial charge on any atom is -0.342 e. The lowest BCUT2D eigenvalue weighted by molar-refractivity contribution is -0.162. The second-order valence-electron chi connectivity index (χ2n) is 3.88. The lowest BCUT2D eigenvalue weighted by Gasteiger charge is -2.32. The molecule has 0 spiro atoms. The highest BCUT2D eigenvalue weighted by Crippen LogP contribution is 2.23. The Kier molecular flexibility index (Phi) is 6.10. The Morgan fingerprint density at radius 1 is 1.44 bits per heavy atom. The molecule has 0 aliphatic carbocycles. The van der Waals surface area contributed by atoms with Crippen LogP contribution in [0.5, 0.6) is 0 Å². The molecule has 96 valence electrons. The zero-order valence-electron chi connectivity index (χ0n) is 8.79. The minimum atomic E-state index is -4.41. The Morgan fingerprint density at radius 3 is 2.56 bits per heavy atom. The smallest absolute Gasteiger partial charge is 0.342 e. The molecule has 0 bridgehead atoms. The number of nitrogens with two attached hydrogens (primary N) is 1. The van der Waals surface area contributed by atoms with Gasteiger partial charge in [-0.05, 0) is 25.3 Å². The molecule has 1 unspecified atom stereocenters. The summed E-state index contributed by atoms with van der Waals surface area (Å²) in [6.07, 6.45) is -4.13. The van der Waals surface area contributed by atoms with E-state index < -0.39 is 18.5 Å². The van der Waals surface area contributed by atoms with Gasteiger partial charge in [0.05, 0.1) is 0 Å². The fourth-order valence-electron chi connectivity index (χ4n) is 1.77. The molecule has 1 aliphatic rings. The van der Waals surface area contributed by atoms with Crippen LogP contribution in [0, 0.1) is 5.92 Å². The van der Waals surface area contributed by atoms with E-state index in [1.807, 2.05) is 0 Å². The maximum absolute atomic E-state index is 12.0. The van der Waals surface area contributed by atoms with Gasteiger partial charge in [0, 0.05) is 13.1 Å². The molecular formula is C9H16ClF3N2O. The number of nitrogens with zero attached hydrogens (tertiary/aromatic N) is 1. The number of carbonyl (C=O) groups is 1. The molecule has 0 aromatic rings. The summed E-state index contributed by atoms with van der Waals surface area (Å²) in [6, 6.07) is 0. The number of hydrogen-bond donors (Lipinski definition) is 1. The van der Waals surface area contributed by atoms with Crippen LogP contribution in [0.3, 0.4) is 0 Å². The first-order chi connectivity index (χ1) is 6.92. The van der Waals surface area contributed by atoms with Crippen molar-refractivity contribution in [3.63, 3.8) is 0 Å². The van der Waals surface area contributed by atoms with Gasteiger partial charge < -0.3 is 10.6 Å². The van der Waals surface area contributed by atoms with Crippen LogP contribution in [0.1, 0.15) is 19.3 Å². The van der Waals surface area contributed by atoms with E-state index in [1.165, 1.54) is 4.90 Å². The Hall–Kier alpha value is -0.490. The van der Waals surface area contributed by atoms with E-state index in [4.69, 9.17) is 5.73 Å². The summed E-state index contributed by atoms with van der Waals surface area (Å²) in [5, 5.41) is 0. The molecule has 1 aliphatic heterocycles. The molecule has 0 aromatic heterocycles. The minimum absolute atomic E-state index is 0. The monoisotopic (exact) mass is 260 g/mol. The standard InChI is InChI=1S/C9H15F3N2O.ClH/c10-9(11,12)4-8(15)14-3-1-2-7(5-13)6-14;/h7H,1-6,13H2;1H. The van der Waals surface area contributed by atoms with Gasteiger partial charge in [-0.2, -0.15) is 13.2 Å². The Labute approximate surface area is 98.6 Å². The molecule has 2 N–H and O–H groups in total. The lowest BCUT2D eigenvalue weighted by atomic mass is 9.98. The van der Waals surface area contributed by atoms with E-state index in [9.17, 15) is 18.0 Å². The number of halogens is 4. The highest BCUT2D eigenvalue weighted by atomic mass is 35.5. The van der Waals surface area contributed by atoms with E-state index in [0.29, 0.717) is 19.6 Å². The Bertz CT molecular complexity index is 235. The Balaban J connectivity index is 0.00000225. The van der Waals surface area contributed by atoms with Gasteiger partial charge in [-0.15, -0.1) is 12.4 Å². The largest absolute Gasteiger partial charge is 0.397 e. The van der Waals surface area contributed by atoms with E-state index in [-0.39, 0.29) is 18.3 Å². The SMILES string of the molecule is Cl.NCC1CCCN(C(=O)CC(F)(F)F)C1. The summed E-state index contributed by atoms with van der Waals surface area (Å²) in [5.74, 6) is -0.684. The molecular weight excluding hydrogens is 245 g/mol. The molecule has 0 aromatic carbocycles. The van der Waals surface area contributed by atoms with Crippen molar-refractivity contribution in [2.24, 2.45) is 11.7 Å². The van der Waals surface area contributed by atoms with Gasteiger partial charge in [0.15, 0.2) is 0 Å². The van der Waals surface area contributed by atoms with Gasteiger partial charge in [-0.25, -0.2) is 0 Å². The third kappa shape index (κ3) is 5.03. The van der Waals surface area contributed by atoms with Crippen LogP contribution >= 0.6 is 12.4 Å². The Morgan fingerprint density at radius 2 is 2.06 bits per heavy atom. The first-order valence-electron chi connectivity index (χ1n) is 4.97. The zero-order chi connectivity index (χ0) is 11.5. The topological polar surface area (TPSA) is 46.3 Å². The van der Waals surface area contributed by atoms with E-state index >= 15 is 0 Å². The quantitative estimate of drug-likeness (QED) is 0.819. The van der Waals surface area contributed by atoms with Crippen molar-refractivity contribution in [3.05, 3.63) is 0 Å². The van der Waals surface area contributed by atoms with Crippen LogP contribution in [0.15, 0.2) is 0 Å². The first-order valence-corrected chi connectivity index (χ1v) is 4.97. The van der Waals surface area contributed by atoms with Crippen molar-refractivity contribution in [1.82, 2.24) is 4.90 Å². The second-order valence-corrected chi connectivity index (χ2v) is 3.88. The third-order valence-corrected chi connectivity index (χ3v) is 2.56. The number of amides is 1. The fourth-order valence-corrected chi connectivity index (χ4v) is 1.77. The average Bonchev–Trinajstić information content (AvgIpc) is 2.15. The van der Waals surface area contributed by atoms with Crippen molar-refractivity contribution < 1.29 is 18.0 Å². The van der Waals surface area contributed by atoms with Crippen molar-refractivity contribution >= 4 is 18.3 Å². The van der Waals surface area contributed by atoms with Crippen LogP contribution in [0.2, 0.25) is 0 Å². The second kappa shape index (κ2) is 6.30. The number of hydrogen-bond acceptors (Lipinski definition) is 2. The van der Waals surface area contributed by atoms with Gasteiger partial charge in [0.2, 0.25) is 5.91 Å².